The third-order valence-electron chi connectivity index (χ3n) is 11.4. The fourth-order valence-corrected chi connectivity index (χ4v) is 8.18. The van der Waals surface area contributed by atoms with E-state index in [1.54, 1.807) is 24.4 Å². The second kappa shape index (κ2) is 17.0. The van der Waals surface area contributed by atoms with E-state index in [4.69, 9.17) is 14.5 Å². The van der Waals surface area contributed by atoms with Crippen LogP contribution in [0.5, 0.6) is 5.88 Å². The molecule has 2 N–H and O–H groups in total. The van der Waals surface area contributed by atoms with Crippen molar-refractivity contribution in [3.8, 4) is 17.0 Å². The number of imide groups is 2. The van der Waals surface area contributed by atoms with Crippen LogP contribution in [0.15, 0.2) is 42.7 Å². The number of hydrogen-bond acceptors (Lipinski definition) is 13. The van der Waals surface area contributed by atoms with Crippen molar-refractivity contribution in [3.63, 3.8) is 0 Å². The third kappa shape index (κ3) is 8.85. The zero-order valence-corrected chi connectivity index (χ0v) is 32.8. The highest BCUT2D eigenvalue weighted by Crippen LogP contribution is 2.35. The summed E-state index contributed by atoms with van der Waals surface area (Å²) in [6.45, 7) is 7.88. The lowest BCUT2D eigenvalue weighted by molar-refractivity contribution is -0.340. The number of ether oxygens (including phenoxy) is 3. The number of halogens is 3. The quantitative estimate of drug-likeness (QED) is 0.285. The fraction of sp³-hybridized carbons (Fsp3) is 0.475. The average Bonchev–Trinajstić information content (AvgIpc) is 3.79. The number of aryl methyl sites for hydroxylation is 1. The van der Waals surface area contributed by atoms with Crippen LogP contribution >= 0.6 is 0 Å². The van der Waals surface area contributed by atoms with Crippen molar-refractivity contribution in [2.45, 2.75) is 44.7 Å². The standard InChI is InChI=1S/C40H44F3N9O8/c1-24-30(19-26(22-44-24)46-39(57)51-7-6-28(23-51)60-40(41,42)43)25-18-33(50-13-15-58-16-14-50)36(45-21-25)59-17-12-48-8-10-49(11-9-48)27-2-3-29-31(20-27)38(56)52(37(29)55)32-4-5-34(53)47-35(32)54/h2-3,18-22,28,32H,4-17,23H2,1H3,(H,46,57)(H,47,53,54)/t28-,32?/m1/s1. The lowest BCUT2D eigenvalue weighted by atomic mass is 10.0. The van der Waals surface area contributed by atoms with Gasteiger partial charge in [0.05, 0.1) is 42.3 Å². The first-order valence-corrected chi connectivity index (χ1v) is 19.9. The van der Waals surface area contributed by atoms with E-state index in [-0.39, 0.29) is 43.5 Å². The van der Waals surface area contributed by atoms with E-state index in [9.17, 15) is 37.1 Å². The molecule has 2 atom stereocenters. The molecule has 4 fully saturated rings. The number of nitrogens with zero attached hydrogens (tertiary/aromatic N) is 7. The number of pyridine rings is 2. The Morgan fingerprint density at radius 1 is 0.900 bits per heavy atom. The van der Waals surface area contributed by atoms with Crippen molar-refractivity contribution < 1.29 is 51.4 Å². The normalized spacial score (nSPS) is 21.4. The number of piperazine rings is 1. The summed E-state index contributed by atoms with van der Waals surface area (Å²) in [5.74, 6) is -1.68. The minimum absolute atomic E-state index is 0.0566. The molecule has 0 aliphatic carbocycles. The molecule has 0 radical (unpaired) electrons. The van der Waals surface area contributed by atoms with E-state index in [1.165, 1.54) is 11.1 Å². The second-order valence-electron chi connectivity index (χ2n) is 15.2. The number of aromatic nitrogens is 2. The van der Waals surface area contributed by atoms with Crippen LogP contribution in [0, 0.1) is 6.92 Å². The summed E-state index contributed by atoms with van der Waals surface area (Å²) in [7, 11) is 0. The van der Waals surface area contributed by atoms with Gasteiger partial charge in [-0.05, 0) is 50.1 Å². The maximum absolute atomic E-state index is 13.4. The summed E-state index contributed by atoms with van der Waals surface area (Å²) >= 11 is 0. The number of likely N-dealkylation sites (tertiary alicyclic amines) is 1. The Morgan fingerprint density at radius 3 is 2.42 bits per heavy atom. The number of rotatable bonds is 10. The molecule has 4 saturated heterocycles. The van der Waals surface area contributed by atoms with Crippen molar-refractivity contribution in [2.24, 2.45) is 0 Å². The Morgan fingerprint density at radius 2 is 1.67 bits per heavy atom. The number of urea groups is 1. The number of carbonyl (C=O) groups is 5. The molecule has 0 bridgehead atoms. The van der Waals surface area contributed by atoms with Gasteiger partial charge >= 0.3 is 12.4 Å². The SMILES string of the molecule is Cc1ncc(NC(=O)N2CC[C@@H](OC(F)(F)F)C2)cc1-c1cnc(OCCN2CCN(c3ccc4c(c3)C(=O)N(C3CCC(=O)NC3=O)C4=O)CC2)c(N2CCOCC2)c1. The predicted octanol–water partition coefficient (Wildman–Crippen LogP) is 3.03. The summed E-state index contributed by atoms with van der Waals surface area (Å²) < 4.78 is 54.1. The van der Waals surface area contributed by atoms with Gasteiger partial charge < -0.3 is 29.5 Å². The first-order chi connectivity index (χ1) is 28.8. The molecular weight excluding hydrogens is 791 g/mol. The highest BCUT2D eigenvalue weighted by molar-refractivity contribution is 6.23. The molecular formula is C40H44F3N9O8. The van der Waals surface area contributed by atoms with E-state index in [0.29, 0.717) is 75.4 Å². The number of carbonyl (C=O) groups excluding carboxylic acids is 5. The maximum atomic E-state index is 13.4. The molecule has 3 aromatic rings. The number of alkyl halides is 3. The Kier molecular flexibility index (Phi) is 11.6. The van der Waals surface area contributed by atoms with E-state index in [1.807, 2.05) is 19.1 Å². The second-order valence-corrected chi connectivity index (χ2v) is 15.2. The Labute approximate surface area is 342 Å². The zero-order valence-electron chi connectivity index (χ0n) is 32.8. The Balaban J connectivity index is 0.880. The third-order valence-corrected chi connectivity index (χ3v) is 11.4. The van der Waals surface area contributed by atoms with Crippen LogP contribution in [0.4, 0.5) is 35.0 Å². The molecule has 318 valence electrons. The van der Waals surface area contributed by atoms with Gasteiger partial charge in [-0.25, -0.2) is 9.78 Å². The molecule has 20 heteroatoms. The van der Waals surface area contributed by atoms with Gasteiger partial charge in [0.2, 0.25) is 17.7 Å². The molecule has 5 aliphatic heterocycles. The first-order valence-electron chi connectivity index (χ1n) is 19.9. The van der Waals surface area contributed by atoms with Gasteiger partial charge in [-0.2, -0.15) is 0 Å². The summed E-state index contributed by atoms with van der Waals surface area (Å²) in [4.78, 5) is 81.5. The molecule has 0 spiro atoms. The molecule has 1 aromatic carbocycles. The van der Waals surface area contributed by atoms with Crippen LogP contribution in [0.1, 0.15) is 45.7 Å². The number of fused-ring (bicyclic) bond motifs is 1. The summed E-state index contributed by atoms with van der Waals surface area (Å²) in [6, 6.07) is 7.31. The summed E-state index contributed by atoms with van der Waals surface area (Å²) in [5, 5.41) is 4.97. The summed E-state index contributed by atoms with van der Waals surface area (Å²) in [5.41, 5.74) is 4.58. The molecule has 8 rings (SSSR count). The number of nitrogens with one attached hydrogen (secondary N) is 2. The molecule has 6 amide bonds. The minimum atomic E-state index is -4.77. The molecule has 17 nitrogen and oxygen atoms in total. The van der Waals surface area contributed by atoms with Crippen molar-refractivity contribution in [2.75, 3.05) is 93.8 Å². The van der Waals surface area contributed by atoms with Crippen molar-refractivity contribution in [1.82, 2.24) is 30.0 Å². The molecule has 60 heavy (non-hydrogen) atoms. The molecule has 5 aliphatic rings. The van der Waals surface area contributed by atoms with E-state index >= 15 is 0 Å². The highest BCUT2D eigenvalue weighted by atomic mass is 19.4. The zero-order chi connectivity index (χ0) is 42.1. The van der Waals surface area contributed by atoms with Crippen LogP contribution in [-0.4, -0.2) is 152 Å². The van der Waals surface area contributed by atoms with E-state index < -0.39 is 48.2 Å². The van der Waals surface area contributed by atoms with Crippen LogP contribution in [0.3, 0.4) is 0 Å². The van der Waals surface area contributed by atoms with Gasteiger partial charge in [0.15, 0.2) is 0 Å². The smallest absolute Gasteiger partial charge is 0.475 e. The number of morpholine rings is 1. The number of hydrogen-bond donors (Lipinski definition) is 2. The highest BCUT2D eigenvalue weighted by Gasteiger charge is 2.45. The number of piperidine rings is 1. The van der Waals surface area contributed by atoms with Gasteiger partial charge in [-0.15, -0.1) is 13.2 Å². The van der Waals surface area contributed by atoms with Crippen LogP contribution in [0.2, 0.25) is 0 Å². The van der Waals surface area contributed by atoms with Crippen molar-refractivity contribution in [1.29, 1.82) is 0 Å². The average molecular weight is 836 g/mol. The number of benzene rings is 1. The largest absolute Gasteiger partial charge is 0.522 e. The Hall–Kier alpha value is -5.86. The monoisotopic (exact) mass is 835 g/mol. The molecule has 7 heterocycles. The Bertz CT molecular complexity index is 2180. The van der Waals surface area contributed by atoms with Gasteiger partial charge in [0.25, 0.3) is 11.8 Å². The summed E-state index contributed by atoms with van der Waals surface area (Å²) in [6.07, 6.45) is -2.47. The van der Waals surface area contributed by atoms with E-state index in [0.717, 1.165) is 34.9 Å². The van der Waals surface area contributed by atoms with Crippen molar-refractivity contribution in [3.05, 3.63) is 59.5 Å². The lowest BCUT2D eigenvalue weighted by Gasteiger charge is -2.36. The molecule has 0 saturated carbocycles. The fourth-order valence-electron chi connectivity index (χ4n) is 8.18. The van der Waals surface area contributed by atoms with Crippen LogP contribution < -0.4 is 25.2 Å². The topological polar surface area (TPSA) is 179 Å². The minimum Gasteiger partial charge on any atom is -0.475 e. The molecule has 2 aromatic heterocycles. The van der Waals surface area contributed by atoms with E-state index in [2.05, 4.69) is 35.1 Å². The predicted molar refractivity (Wildman–Crippen MR) is 209 cm³/mol. The first kappa shape index (κ1) is 40.9. The van der Waals surface area contributed by atoms with Gasteiger partial charge in [-0.3, -0.25) is 44.0 Å². The molecule has 1 unspecified atom stereocenters. The van der Waals surface area contributed by atoms with Crippen molar-refractivity contribution >= 4 is 46.7 Å². The lowest BCUT2D eigenvalue weighted by Crippen LogP contribution is -2.54. The van der Waals surface area contributed by atoms with Crippen LogP contribution in [0.25, 0.3) is 11.1 Å². The number of anilines is 3. The maximum Gasteiger partial charge on any atom is 0.522 e. The number of amides is 6. The van der Waals surface area contributed by atoms with Gasteiger partial charge in [-0.1, -0.05) is 0 Å². The van der Waals surface area contributed by atoms with Gasteiger partial charge in [0, 0.05) is 94.0 Å². The van der Waals surface area contributed by atoms with Crippen LogP contribution in [-0.2, 0) is 19.1 Å². The van der Waals surface area contributed by atoms with Gasteiger partial charge in [0.1, 0.15) is 18.3 Å².